The van der Waals surface area contributed by atoms with Gasteiger partial charge in [0.15, 0.2) is 17.3 Å². The predicted molar refractivity (Wildman–Crippen MR) is 111 cm³/mol. The van der Waals surface area contributed by atoms with Gasteiger partial charge in [-0.3, -0.25) is 9.69 Å². The molecule has 0 saturated heterocycles. The van der Waals surface area contributed by atoms with E-state index in [0.717, 1.165) is 28.2 Å². The van der Waals surface area contributed by atoms with E-state index in [2.05, 4.69) is 9.88 Å². The van der Waals surface area contributed by atoms with Crippen LogP contribution in [-0.4, -0.2) is 35.6 Å². The molecule has 3 aromatic rings. The van der Waals surface area contributed by atoms with Crippen LogP contribution < -0.4 is 15.0 Å². The summed E-state index contributed by atoms with van der Waals surface area (Å²) in [6.07, 6.45) is 0.670. The minimum absolute atomic E-state index is 0.0396. The first-order valence-electron chi connectivity index (χ1n) is 8.87. The van der Waals surface area contributed by atoms with Crippen molar-refractivity contribution in [2.24, 2.45) is 0 Å². The summed E-state index contributed by atoms with van der Waals surface area (Å²) in [5.41, 5.74) is 2.60. The lowest BCUT2D eigenvalue weighted by atomic mass is 10.1. The lowest BCUT2D eigenvalue weighted by molar-refractivity contribution is 0.240. The number of H-pyrrole nitrogens is 1. The maximum Gasteiger partial charge on any atom is 0.254 e. The highest BCUT2D eigenvalue weighted by atomic mass is 35.5. The number of nitrogens with one attached hydrogen (secondary N) is 1. The Bertz CT molecular complexity index is 1050. The average molecular weight is 418 g/mol. The van der Waals surface area contributed by atoms with E-state index in [-0.39, 0.29) is 5.56 Å². The summed E-state index contributed by atoms with van der Waals surface area (Å²) in [7, 11) is 3.16. The Hall–Kier alpha value is -2.35. The van der Waals surface area contributed by atoms with Crippen LogP contribution in [0.25, 0.3) is 10.7 Å². The second kappa shape index (κ2) is 7.95. The van der Waals surface area contributed by atoms with Crippen molar-refractivity contribution in [3.63, 3.8) is 0 Å². The summed E-state index contributed by atoms with van der Waals surface area (Å²) in [6.45, 7) is 2.08. The molecule has 0 atom stereocenters. The molecule has 146 valence electrons. The van der Waals surface area contributed by atoms with Crippen molar-refractivity contribution in [2.45, 2.75) is 19.5 Å². The van der Waals surface area contributed by atoms with E-state index in [4.69, 9.17) is 26.1 Å². The third kappa shape index (κ3) is 3.65. The molecule has 8 heteroatoms. The van der Waals surface area contributed by atoms with Crippen molar-refractivity contribution in [3.05, 3.63) is 61.8 Å². The Labute approximate surface area is 171 Å². The van der Waals surface area contributed by atoms with E-state index in [0.29, 0.717) is 41.9 Å². The first-order chi connectivity index (χ1) is 13.6. The van der Waals surface area contributed by atoms with Gasteiger partial charge in [0.25, 0.3) is 5.56 Å². The standard InChI is InChI=1S/C20H20ClN3O3S/c1-26-16-9-12(8-14(21)18(16)27-2)10-24-6-5-13-15(11-24)22-19(23-20(13)25)17-4-3-7-28-17/h3-4,7-9H,5-6,10-11H2,1-2H3,(H,22,23,25). The molecule has 1 aliphatic heterocycles. The molecule has 0 unspecified atom stereocenters. The number of thiophene rings is 1. The number of halogens is 1. The van der Waals surface area contributed by atoms with Crippen molar-refractivity contribution < 1.29 is 9.47 Å². The van der Waals surface area contributed by atoms with Gasteiger partial charge in [-0.1, -0.05) is 17.7 Å². The van der Waals surface area contributed by atoms with E-state index < -0.39 is 0 Å². The summed E-state index contributed by atoms with van der Waals surface area (Å²) < 4.78 is 10.7. The topological polar surface area (TPSA) is 67.5 Å². The zero-order valence-electron chi connectivity index (χ0n) is 15.6. The van der Waals surface area contributed by atoms with E-state index in [9.17, 15) is 4.79 Å². The number of fused-ring (bicyclic) bond motifs is 1. The van der Waals surface area contributed by atoms with Gasteiger partial charge in [0.1, 0.15) is 0 Å². The molecule has 0 bridgehead atoms. The fourth-order valence-electron chi connectivity index (χ4n) is 3.48. The van der Waals surface area contributed by atoms with Crippen molar-refractivity contribution >= 4 is 22.9 Å². The number of hydrogen-bond donors (Lipinski definition) is 1. The maximum absolute atomic E-state index is 12.5. The molecule has 0 amide bonds. The zero-order chi connectivity index (χ0) is 19.7. The number of methoxy groups -OCH3 is 2. The van der Waals surface area contributed by atoms with E-state index in [1.165, 1.54) is 0 Å². The van der Waals surface area contributed by atoms with Crippen LogP contribution in [0, 0.1) is 0 Å². The number of aromatic nitrogens is 2. The van der Waals surface area contributed by atoms with E-state index in [1.54, 1.807) is 25.6 Å². The summed E-state index contributed by atoms with van der Waals surface area (Å²) >= 11 is 7.89. The fourth-order valence-corrected chi connectivity index (χ4v) is 4.46. The minimum Gasteiger partial charge on any atom is -0.493 e. The highest BCUT2D eigenvalue weighted by Gasteiger charge is 2.22. The number of benzene rings is 1. The quantitative estimate of drug-likeness (QED) is 0.685. The van der Waals surface area contributed by atoms with Crippen LogP contribution in [0.4, 0.5) is 0 Å². The first kappa shape index (κ1) is 19.0. The molecule has 0 fully saturated rings. The lowest BCUT2D eigenvalue weighted by Crippen LogP contribution is -2.35. The minimum atomic E-state index is -0.0396. The van der Waals surface area contributed by atoms with Gasteiger partial charge in [0, 0.05) is 25.2 Å². The third-order valence-electron chi connectivity index (χ3n) is 4.81. The molecule has 2 aromatic heterocycles. The summed E-state index contributed by atoms with van der Waals surface area (Å²) in [4.78, 5) is 23.3. The average Bonchev–Trinajstić information content (AvgIpc) is 3.22. The van der Waals surface area contributed by atoms with Crippen LogP contribution >= 0.6 is 22.9 Å². The molecule has 0 saturated carbocycles. The normalized spacial score (nSPS) is 14.0. The van der Waals surface area contributed by atoms with Gasteiger partial charge in [-0.15, -0.1) is 11.3 Å². The molecule has 0 spiro atoms. The first-order valence-corrected chi connectivity index (χ1v) is 10.1. The van der Waals surface area contributed by atoms with Crippen molar-refractivity contribution in [2.75, 3.05) is 20.8 Å². The van der Waals surface area contributed by atoms with Crippen LogP contribution in [0.1, 0.15) is 16.8 Å². The molecule has 1 aromatic carbocycles. The molecule has 0 radical (unpaired) electrons. The van der Waals surface area contributed by atoms with E-state index >= 15 is 0 Å². The fraction of sp³-hybridized carbons (Fsp3) is 0.300. The molecule has 4 rings (SSSR count). The Kier molecular flexibility index (Phi) is 5.39. The predicted octanol–water partition coefficient (Wildman–Crippen LogP) is 3.73. The highest BCUT2D eigenvalue weighted by Crippen LogP contribution is 2.36. The Morgan fingerprint density at radius 3 is 2.89 bits per heavy atom. The summed E-state index contributed by atoms with van der Waals surface area (Å²) in [5.74, 6) is 1.78. The van der Waals surface area contributed by atoms with Crippen LogP contribution in [0.5, 0.6) is 11.5 Å². The molecule has 0 aliphatic carbocycles. The largest absolute Gasteiger partial charge is 0.493 e. The maximum atomic E-state index is 12.5. The van der Waals surface area contributed by atoms with Gasteiger partial charge in [-0.25, -0.2) is 4.98 Å². The second-order valence-electron chi connectivity index (χ2n) is 6.59. The van der Waals surface area contributed by atoms with Gasteiger partial charge in [0.2, 0.25) is 0 Å². The lowest BCUT2D eigenvalue weighted by Gasteiger charge is -2.28. The van der Waals surface area contributed by atoms with Gasteiger partial charge < -0.3 is 14.5 Å². The number of nitrogens with zero attached hydrogens (tertiary/aromatic N) is 2. The van der Waals surface area contributed by atoms with Crippen molar-refractivity contribution in [3.8, 4) is 22.2 Å². The third-order valence-corrected chi connectivity index (χ3v) is 5.96. The molecular weight excluding hydrogens is 398 g/mol. The Balaban J connectivity index is 1.59. The molecule has 6 nitrogen and oxygen atoms in total. The Morgan fingerprint density at radius 1 is 1.32 bits per heavy atom. The summed E-state index contributed by atoms with van der Waals surface area (Å²) in [5, 5.41) is 2.49. The highest BCUT2D eigenvalue weighted by molar-refractivity contribution is 7.13. The van der Waals surface area contributed by atoms with Crippen molar-refractivity contribution in [1.29, 1.82) is 0 Å². The van der Waals surface area contributed by atoms with Gasteiger partial charge in [0.05, 0.1) is 29.8 Å². The van der Waals surface area contributed by atoms with Gasteiger partial charge in [-0.05, 0) is 35.6 Å². The molecular formula is C20H20ClN3O3S. The van der Waals surface area contributed by atoms with Crippen LogP contribution in [0.3, 0.4) is 0 Å². The van der Waals surface area contributed by atoms with Crippen molar-refractivity contribution in [1.82, 2.24) is 14.9 Å². The Morgan fingerprint density at radius 2 is 2.18 bits per heavy atom. The monoisotopic (exact) mass is 417 g/mol. The van der Waals surface area contributed by atoms with Crippen LogP contribution in [0.15, 0.2) is 34.4 Å². The van der Waals surface area contributed by atoms with Crippen LogP contribution in [-0.2, 0) is 19.5 Å². The molecule has 28 heavy (non-hydrogen) atoms. The number of rotatable bonds is 5. The van der Waals surface area contributed by atoms with Crippen LogP contribution in [0.2, 0.25) is 5.02 Å². The zero-order valence-corrected chi connectivity index (χ0v) is 17.2. The number of aromatic amines is 1. The number of hydrogen-bond acceptors (Lipinski definition) is 6. The van der Waals surface area contributed by atoms with E-state index in [1.807, 2.05) is 29.6 Å². The molecule has 1 aliphatic rings. The second-order valence-corrected chi connectivity index (χ2v) is 7.95. The van der Waals surface area contributed by atoms with Gasteiger partial charge in [-0.2, -0.15) is 0 Å². The smallest absolute Gasteiger partial charge is 0.254 e. The molecule has 1 N–H and O–H groups in total. The SMILES string of the molecule is COc1cc(CN2CCc3c(nc(-c4cccs4)[nH]c3=O)C2)cc(Cl)c1OC. The molecule has 3 heterocycles. The number of ether oxygens (including phenoxy) is 2. The summed E-state index contributed by atoms with van der Waals surface area (Å²) in [6, 6.07) is 7.73. The van der Waals surface area contributed by atoms with Gasteiger partial charge >= 0.3 is 0 Å².